The minimum Gasteiger partial charge on any atom is -0.356 e. The molecule has 4 heteroatoms. The summed E-state index contributed by atoms with van der Waals surface area (Å²) < 4.78 is 0. The molecule has 0 spiro atoms. The Morgan fingerprint density at radius 2 is 1.86 bits per heavy atom. The van der Waals surface area contributed by atoms with Crippen LogP contribution in [0.5, 0.6) is 0 Å². The normalized spacial score (nSPS) is 12.6. The van der Waals surface area contributed by atoms with Crippen molar-refractivity contribution in [2.75, 3.05) is 34.2 Å². The van der Waals surface area contributed by atoms with Crippen LogP contribution < -0.4 is 10.6 Å². The van der Waals surface area contributed by atoms with Crippen molar-refractivity contribution >= 4 is 5.96 Å². The lowest BCUT2D eigenvalue weighted by Gasteiger charge is -2.29. The molecule has 0 saturated carbocycles. The number of aliphatic imine (C=N–C) groups is 1. The van der Waals surface area contributed by atoms with E-state index >= 15 is 0 Å². The molecule has 0 aliphatic carbocycles. The number of hydrogen-bond acceptors (Lipinski definition) is 2. The second kappa shape index (κ2) is 8.03. The predicted octanol–water partition coefficient (Wildman–Crippen LogP) is 2.25. The number of guanidine groups is 1. The van der Waals surface area contributed by atoms with E-state index in [0.717, 1.165) is 25.6 Å². The summed E-state index contributed by atoms with van der Waals surface area (Å²) in [7, 11) is 6.02. The van der Waals surface area contributed by atoms with Crippen LogP contribution >= 0.6 is 0 Å². The summed E-state index contributed by atoms with van der Waals surface area (Å²) >= 11 is 0. The Kier molecular flexibility index (Phi) is 6.69. The lowest BCUT2D eigenvalue weighted by atomic mass is 9.93. The van der Waals surface area contributed by atoms with E-state index in [1.807, 2.05) is 7.05 Å². The van der Waals surface area contributed by atoms with Gasteiger partial charge in [-0.2, -0.15) is 0 Å². The van der Waals surface area contributed by atoms with Crippen molar-refractivity contribution in [2.45, 2.75) is 27.3 Å². The summed E-state index contributed by atoms with van der Waals surface area (Å²) in [4.78, 5) is 6.51. The highest BCUT2D eigenvalue weighted by Gasteiger charge is 2.19. The minimum absolute atomic E-state index is 0.198. The van der Waals surface area contributed by atoms with Gasteiger partial charge in [0, 0.05) is 26.7 Å². The molecular weight excluding hydrogens is 260 g/mol. The fourth-order valence-electron chi connectivity index (χ4n) is 2.44. The monoisotopic (exact) mass is 290 g/mol. The molecule has 4 nitrogen and oxygen atoms in total. The van der Waals surface area contributed by atoms with Gasteiger partial charge in [-0.3, -0.25) is 4.99 Å². The van der Waals surface area contributed by atoms with Gasteiger partial charge in [-0.05, 0) is 37.6 Å². The Bertz CT molecular complexity index is 464. The summed E-state index contributed by atoms with van der Waals surface area (Å²) in [6.45, 7) is 9.37. The number of rotatable bonds is 6. The first-order valence-electron chi connectivity index (χ1n) is 7.48. The van der Waals surface area contributed by atoms with Crippen molar-refractivity contribution in [3.05, 3.63) is 35.4 Å². The van der Waals surface area contributed by atoms with Gasteiger partial charge in [-0.25, -0.2) is 0 Å². The van der Waals surface area contributed by atoms with E-state index in [2.05, 4.69) is 79.7 Å². The topological polar surface area (TPSA) is 39.7 Å². The molecular formula is C17H30N4. The summed E-state index contributed by atoms with van der Waals surface area (Å²) in [5.41, 5.74) is 2.80. The van der Waals surface area contributed by atoms with Gasteiger partial charge < -0.3 is 15.5 Å². The summed E-state index contributed by atoms with van der Waals surface area (Å²) in [5, 5.41) is 6.79. The predicted molar refractivity (Wildman–Crippen MR) is 91.7 cm³/mol. The molecule has 21 heavy (non-hydrogen) atoms. The molecule has 2 N–H and O–H groups in total. The van der Waals surface area contributed by atoms with Crippen LogP contribution in [0.1, 0.15) is 25.0 Å². The van der Waals surface area contributed by atoms with E-state index < -0.39 is 0 Å². The number of aryl methyl sites for hydroxylation is 1. The fraction of sp³-hybridized carbons (Fsp3) is 0.588. The first kappa shape index (κ1) is 17.5. The molecule has 0 aromatic heterocycles. The Labute approximate surface area is 129 Å². The minimum atomic E-state index is 0.198. The smallest absolute Gasteiger partial charge is 0.191 e. The molecule has 1 aromatic rings. The molecule has 0 fully saturated rings. The third-order valence-corrected chi connectivity index (χ3v) is 3.41. The van der Waals surface area contributed by atoms with E-state index in [0.29, 0.717) is 0 Å². The number of nitrogens with one attached hydrogen (secondary N) is 2. The highest BCUT2D eigenvalue weighted by atomic mass is 15.2. The fourth-order valence-corrected chi connectivity index (χ4v) is 2.44. The standard InChI is InChI=1S/C17H30N4/c1-14-9-7-8-10-15(14)11-19-16(18-4)20-12-17(2,3)13-21(5)6/h7-10H,11-13H2,1-6H3,(H2,18,19,20). The summed E-state index contributed by atoms with van der Waals surface area (Å²) in [6, 6.07) is 8.41. The zero-order chi connectivity index (χ0) is 15.9. The van der Waals surface area contributed by atoms with Crippen LogP contribution in [-0.2, 0) is 6.54 Å². The Morgan fingerprint density at radius 1 is 1.19 bits per heavy atom. The second-order valence-electron chi connectivity index (χ2n) is 6.61. The molecule has 0 atom stereocenters. The van der Waals surface area contributed by atoms with Crippen molar-refractivity contribution < 1.29 is 0 Å². The van der Waals surface area contributed by atoms with E-state index in [1.165, 1.54) is 11.1 Å². The largest absolute Gasteiger partial charge is 0.356 e. The molecule has 0 bridgehead atoms. The van der Waals surface area contributed by atoms with Gasteiger partial charge in [-0.15, -0.1) is 0 Å². The van der Waals surface area contributed by atoms with Crippen molar-refractivity contribution in [1.29, 1.82) is 0 Å². The molecule has 1 rings (SSSR count). The third-order valence-electron chi connectivity index (χ3n) is 3.41. The lowest BCUT2D eigenvalue weighted by Crippen LogP contribution is -2.44. The maximum atomic E-state index is 4.30. The van der Waals surface area contributed by atoms with Gasteiger partial charge in [0.15, 0.2) is 5.96 Å². The molecule has 0 amide bonds. The average molecular weight is 290 g/mol. The molecule has 0 aliphatic rings. The van der Waals surface area contributed by atoms with E-state index in [-0.39, 0.29) is 5.41 Å². The molecule has 0 unspecified atom stereocenters. The highest BCUT2D eigenvalue weighted by Crippen LogP contribution is 2.14. The summed E-state index contributed by atoms with van der Waals surface area (Å²) in [6.07, 6.45) is 0. The zero-order valence-electron chi connectivity index (χ0n) is 14.3. The Balaban J connectivity index is 2.48. The average Bonchev–Trinajstić information content (AvgIpc) is 2.39. The van der Waals surface area contributed by atoms with Crippen LogP contribution in [0.3, 0.4) is 0 Å². The van der Waals surface area contributed by atoms with Crippen LogP contribution in [0.2, 0.25) is 0 Å². The molecule has 0 saturated heterocycles. The van der Waals surface area contributed by atoms with Crippen LogP contribution in [-0.4, -0.2) is 45.1 Å². The Morgan fingerprint density at radius 3 is 2.43 bits per heavy atom. The molecule has 118 valence electrons. The van der Waals surface area contributed by atoms with Crippen LogP contribution in [0.4, 0.5) is 0 Å². The van der Waals surface area contributed by atoms with E-state index in [4.69, 9.17) is 0 Å². The first-order chi connectivity index (χ1) is 9.84. The van der Waals surface area contributed by atoms with E-state index in [9.17, 15) is 0 Å². The zero-order valence-corrected chi connectivity index (χ0v) is 14.3. The molecule has 0 heterocycles. The number of nitrogens with zero attached hydrogens (tertiary/aromatic N) is 2. The second-order valence-corrected chi connectivity index (χ2v) is 6.61. The molecule has 0 radical (unpaired) electrons. The number of benzene rings is 1. The number of hydrogen-bond donors (Lipinski definition) is 2. The highest BCUT2D eigenvalue weighted by molar-refractivity contribution is 5.79. The SMILES string of the molecule is CN=C(NCc1ccccc1C)NCC(C)(C)CN(C)C. The Hall–Kier alpha value is -1.55. The molecule has 0 aliphatic heterocycles. The van der Waals surface area contributed by atoms with Gasteiger partial charge in [-0.1, -0.05) is 38.1 Å². The van der Waals surface area contributed by atoms with Crippen LogP contribution in [0.25, 0.3) is 0 Å². The maximum Gasteiger partial charge on any atom is 0.191 e. The first-order valence-corrected chi connectivity index (χ1v) is 7.48. The quantitative estimate of drug-likeness (QED) is 0.623. The third kappa shape index (κ3) is 6.63. The van der Waals surface area contributed by atoms with Crippen molar-refractivity contribution in [3.8, 4) is 0 Å². The van der Waals surface area contributed by atoms with Crippen molar-refractivity contribution in [2.24, 2.45) is 10.4 Å². The lowest BCUT2D eigenvalue weighted by molar-refractivity contribution is 0.241. The van der Waals surface area contributed by atoms with Gasteiger partial charge >= 0.3 is 0 Å². The van der Waals surface area contributed by atoms with E-state index in [1.54, 1.807) is 0 Å². The van der Waals surface area contributed by atoms with Gasteiger partial charge in [0.05, 0.1) is 0 Å². The van der Waals surface area contributed by atoms with Gasteiger partial charge in [0.1, 0.15) is 0 Å². The van der Waals surface area contributed by atoms with Crippen molar-refractivity contribution in [3.63, 3.8) is 0 Å². The van der Waals surface area contributed by atoms with Gasteiger partial charge in [0.25, 0.3) is 0 Å². The van der Waals surface area contributed by atoms with Crippen molar-refractivity contribution in [1.82, 2.24) is 15.5 Å². The van der Waals surface area contributed by atoms with Crippen LogP contribution in [0.15, 0.2) is 29.3 Å². The maximum absolute atomic E-state index is 4.30. The van der Waals surface area contributed by atoms with Gasteiger partial charge in [0.2, 0.25) is 0 Å². The molecule has 1 aromatic carbocycles. The summed E-state index contributed by atoms with van der Waals surface area (Å²) in [5.74, 6) is 0.852. The van der Waals surface area contributed by atoms with Crippen LogP contribution in [0, 0.1) is 12.3 Å².